The molecule has 0 radical (unpaired) electrons. The van der Waals surface area contributed by atoms with Gasteiger partial charge >= 0.3 is 6.18 Å². The van der Waals surface area contributed by atoms with E-state index >= 15 is 0 Å². The summed E-state index contributed by atoms with van der Waals surface area (Å²) >= 11 is 0. The number of halogens is 3. The van der Waals surface area contributed by atoms with Crippen LogP contribution in [0.3, 0.4) is 0 Å². The van der Waals surface area contributed by atoms with Gasteiger partial charge in [-0.25, -0.2) is 4.21 Å². The summed E-state index contributed by atoms with van der Waals surface area (Å²) in [5.74, 6) is -0.0888. The Kier molecular flexibility index (Phi) is 2.90. The Morgan fingerprint density at radius 2 is 2.06 bits per heavy atom. The highest BCUT2D eigenvalue weighted by Gasteiger charge is 2.37. The van der Waals surface area contributed by atoms with E-state index in [0.717, 1.165) is 16.9 Å². The molecule has 9 heteroatoms. The quantitative estimate of drug-likeness (QED) is 0.451. The molecule has 0 spiro atoms. The summed E-state index contributed by atoms with van der Waals surface area (Å²) in [4.78, 5) is 9.87. The summed E-state index contributed by atoms with van der Waals surface area (Å²) in [6, 6.07) is 1.29. The number of rotatable bonds is 1. The van der Waals surface area contributed by atoms with Crippen LogP contribution in [0.2, 0.25) is 0 Å². The lowest BCUT2D eigenvalue weighted by atomic mass is 10.1. The normalized spacial score (nSPS) is 19.1. The van der Waals surface area contributed by atoms with Gasteiger partial charge in [-0.05, 0) is 16.9 Å². The highest BCUT2D eigenvalue weighted by atomic mass is 33.1. The second-order valence-corrected chi connectivity index (χ2v) is 6.38. The van der Waals surface area contributed by atoms with Crippen molar-refractivity contribution in [3.05, 3.63) is 33.4 Å². The van der Waals surface area contributed by atoms with Gasteiger partial charge in [-0.3, -0.25) is 10.1 Å². The molecule has 1 aromatic rings. The van der Waals surface area contributed by atoms with Gasteiger partial charge in [0.25, 0.3) is 5.69 Å². The fourth-order valence-corrected chi connectivity index (χ4v) is 4.34. The van der Waals surface area contributed by atoms with Crippen molar-refractivity contribution in [2.24, 2.45) is 0 Å². The molecule has 0 aliphatic carbocycles. The minimum absolute atomic E-state index is 0.0739. The van der Waals surface area contributed by atoms with Crippen molar-refractivity contribution >= 4 is 26.3 Å². The lowest BCUT2D eigenvalue weighted by Gasteiger charge is -2.08. The molecule has 0 N–H and O–H groups in total. The zero-order valence-electron chi connectivity index (χ0n) is 7.98. The third-order valence-corrected chi connectivity index (χ3v) is 4.86. The van der Waals surface area contributed by atoms with E-state index in [1.54, 1.807) is 0 Å². The predicted molar refractivity (Wildman–Crippen MR) is 55.8 cm³/mol. The van der Waals surface area contributed by atoms with Gasteiger partial charge in [0.1, 0.15) is 0 Å². The molecule has 0 saturated heterocycles. The molecule has 1 atom stereocenters. The lowest BCUT2D eigenvalue weighted by Crippen LogP contribution is -2.07. The summed E-state index contributed by atoms with van der Waals surface area (Å²) < 4.78 is 48.7. The van der Waals surface area contributed by atoms with E-state index in [2.05, 4.69) is 0 Å². The maximum Gasteiger partial charge on any atom is 0.416 e. The van der Waals surface area contributed by atoms with Crippen LogP contribution in [0, 0.1) is 10.1 Å². The highest BCUT2D eigenvalue weighted by Crippen LogP contribution is 2.44. The number of benzene rings is 1. The molecule has 0 aromatic heterocycles. The van der Waals surface area contributed by atoms with Gasteiger partial charge in [-0.15, -0.1) is 0 Å². The minimum atomic E-state index is -4.65. The van der Waals surface area contributed by atoms with Crippen LogP contribution in [0.5, 0.6) is 0 Å². The Morgan fingerprint density at radius 1 is 1.41 bits per heavy atom. The van der Waals surface area contributed by atoms with E-state index < -0.39 is 32.2 Å². The summed E-state index contributed by atoms with van der Waals surface area (Å²) in [6.45, 7) is 0. The Morgan fingerprint density at radius 3 is 2.59 bits per heavy atom. The molecule has 1 aromatic carbocycles. The first-order chi connectivity index (χ1) is 7.79. The van der Waals surface area contributed by atoms with E-state index in [4.69, 9.17) is 0 Å². The van der Waals surface area contributed by atoms with Crippen LogP contribution in [0.25, 0.3) is 0 Å². The molecule has 0 bridgehead atoms. The predicted octanol–water partition coefficient (Wildman–Crippen LogP) is 2.88. The van der Waals surface area contributed by atoms with Gasteiger partial charge in [0.05, 0.1) is 31.6 Å². The molecule has 2 rings (SSSR count). The van der Waals surface area contributed by atoms with Crippen molar-refractivity contribution in [1.82, 2.24) is 0 Å². The molecule has 17 heavy (non-hydrogen) atoms. The number of alkyl halides is 3. The smallest absolute Gasteiger partial charge is 0.258 e. The average molecular weight is 283 g/mol. The molecule has 4 nitrogen and oxygen atoms in total. The number of hydrogen-bond donors (Lipinski definition) is 0. The molecular formula is C8H4F3NO3S2. The van der Waals surface area contributed by atoms with Gasteiger partial charge in [-0.2, -0.15) is 13.2 Å². The van der Waals surface area contributed by atoms with Crippen molar-refractivity contribution in [2.75, 3.05) is 0 Å². The standard InChI is InChI=1S/C8H4F3NO3S2/c9-8(10,11)4-1-6(12(13)14)5-3-17(15)16-7(5)2-4/h1-2H,3H2. The van der Waals surface area contributed by atoms with Crippen LogP contribution in [-0.4, -0.2) is 9.13 Å². The molecule has 0 saturated carbocycles. The SMILES string of the molecule is O=[N+]([O-])c1cc(C(F)(F)F)cc2c1CS(=O)S2. The molecular weight excluding hydrogens is 279 g/mol. The van der Waals surface area contributed by atoms with E-state index in [0.29, 0.717) is 6.07 Å². The zero-order chi connectivity index (χ0) is 12.8. The molecule has 1 aliphatic heterocycles. The second kappa shape index (κ2) is 3.98. The molecule has 1 heterocycles. The van der Waals surface area contributed by atoms with Gasteiger partial charge in [-0.1, -0.05) is 0 Å². The Labute approximate surface area is 99.2 Å². The minimum Gasteiger partial charge on any atom is -0.258 e. The third-order valence-electron chi connectivity index (χ3n) is 2.15. The number of nitro groups is 1. The number of nitrogens with zero attached hydrogens (tertiary/aromatic N) is 1. The van der Waals surface area contributed by atoms with Crippen molar-refractivity contribution in [3.63, 3.8) is 0 Å². The fourth-order valence-electron chi connectivity index (χ4n) is 1.42. The van der Waals surface area contributed by atoms with Crippen LogP contribution in [-0.2, 0) is 21.8 Å². The monoisotopic (exact) mass is 283 g/mol. The van der Waals surface area contributed by atoms with E-state index in [1.165, 1.54) is 0 Å². The Hall–Kier alpha value is -1.09. The molecule has 92 valence electrons. The van der Waals surface area contributed by atoms with Crippen molar-refractivity contribution in [3.8, 4) is 0 Å². The van der Waals surface area contributed by atoms with Gasteiger partial charge in [0, 0.05) is 11.0 Å². The van der Waals surface area contributed by atoms with Crippen LogP contribution in [0.4, 0.5) is 18.9 Å². The van der Waals surface area contributed by atoms with Crippen LogP contribution in [0.1, 0.15) is 11.1 Å². The van der Waals surface area contributed by atoms with E-state index in [-0.39, 0.29) is 16.2 Å². The topological polar surface area (TPSA) is 60.2 Å². The van der Waals surface area contributed by atoms with Gasteiger partial charge < -0.3 is 0 Å². The second-order valence-electron chi connectivity index (χ2n) is 3.26. The first-order valence-electron chi connectivity index (χ1n) is 4.24. The molecule has 0 fully saturated rings. The Bertz CT molecular complexity index is 529. The Balaban J connectivity index is 2.64. The summed E-state index contributed by atoms with van der Waals surface area (Å²) in [5.41, 5.74) is -1.59. The van der Waals surface area contributed by atoms with E-state index in [9.17, 15) is 27.5 Å². The maximum absolute atomic E-state index is 12.5. The van der Waals surface area contributed by atoms with Crippen molar-refractivity contribution < 1.29 is 22.3 Å². The largest absolute Gasteiger partial charge is 0.416 e. The van der Waals surface area contributed by atoms with Crippen LogP contribution < -0.4 is 0 Å². The zero-order valence-corrected chi connectivity index (χ0v) is 9.62. The molecule has 1 unspecified atom stereocenters. The first kappa shape index (κ1) is 12.4. The van der Waals surface area contributed by atoms with E-state index in [1.807, 2.05) is 0 Å². The van der Waals surface area contributed by atoms with Crippen LogP contribution >= 0.6 is 10.8 Å². The summed E-state index contributed by atoms with van der Waals surface area (Å²) in [7, 11) is -0.716. The van der Waals surface area contributed by atoms with Gasteiger partial charge in [0.2, 0.25) is 0 Å². The number of fused-ring (bicyclic) bond motifs is 1. The fraction of sp³-hybridized carbons (Fsp3) is 0.250. The lowest BCUT2D eigenvalue weighted by molar-refractivity contribution is -0.385. The molecule has 1 aliphatic rings. The summed E-state index contributed by atoms with van der Waals surface area (Å²) in [6.07, 6.45) is -4.65. The first-order valence-corrected chi connectivity index (χ1v) is 6.89. The van der Waals surface area contributed by atoms with Gasteiger partial charge in [0.15, 0.2) is 0 Å². The highest BCUT2D eigenvalue weighted by molar-refractivity contribution is 8.69. The number of nitro benzene ring substituents is 1. The number of hydrogen-bond acceptors (Lipinski definition) is 4. The molecule has 0 amide bonds. The average Bonchev–Trinajstić information content (AvgIpc) is 2.54. The van der Waals surface area contributed by atoms with Crippen LogP contribution in [0.15, 0.2) is 17.0 Å². The van der Waals surface area contributed by atoms with Crippen molar-refractivity contribution in [1.29, 1.82) is 0 Å². The third kappa shape index (κ3) is 2.29. The maximum atomic E-state index is 12.5. The summed E-state index contributed by atoms with van der Waals surface area (Å²) in [5, 5.41) is 10.7. The van der Waals surface area contributed by atoms with Crippen molar-refractivity contribution in [2.45, 2.75) is 16.8 Å².